The molecule has 0 N–H and O–H groups in total. The Morgan fingerprint density at radius 1 is 0.390 bits per heavy atom. The number of pyridine rings is 2. The second-order valence-corrected chi connectivity index (χ2v) is 31.4. The summed E-state index contributed by atoms with van der Waals surface area (Å²) < 4.78 is 2.42. The van der Waals surface area contributed by atoms with Crippen LogP contribution in [0.4, 0.5) is 0 Å². The number of nitriles is 4. The fourth-order valence-corrected chi connectivity index (χ4v) is 21.8. The minimum absolute atomic E-state index is 0.128. The van der Waals surface area contributed by atoms with Gasteiger partial charge in [0, 0.05) is 90.2 Å². The minimum atomic E-state index is -0.865. The number of Topliss-reactive ketones (excluding diaryl/α,β-unsaturated/α-hetero) is 2. The van der Waals surface area contributed by atoms with Gasteiger partial charge < -0.3 is 0 Å². The lowest BCUT2D eigenvalue weighted by atomic mass is 9.67. The highest BCUT2D eigenvalue weighted by Gasteiger charge is 2.55. The number of rotatable bonds is 26. The molecule has 100 heavy (non-hydrogen) atoms. The Kier molecular flexibility index (Phi) is 19.9. The van der Waals surface area contributed by atoms with Crippen LogP contribution in [0.2, 0.25) is 0 Å². The quantitative estimate of drug-likeness (QED) is 0.0295. The predicted octanol–water partition coefficient (Wildman–Crippen LogP) is 23.3. The minimum Gasteiger partial charge on any atom is -0.289 e. The highest BCUT2D eigenvalue weighted by atomic mass is 32.1. The molecule has 6 aromatic heterocycles. The van der Waals surface area contributed by atoms with Gasteiger partial charge in [-0.25, -0.2) is 0 Å². The summed E-state index contributed by atoms with van der Waals surface area (Å²) in [5, 5.41) is 41.9. The first-order valence-corrected chi connectivity index (χ1v) is 39.1. The van der Waals surface area contributed by atoms with Gasteiger partial charge >= 0.3 is 0 Å². The van der Waals surface area contributed by atoms with E-state index in [4.69, 9.17) is 0 Å². The van der Waals surface area contributed by atoms with E-state index in [1.165, 1.54) is 130 Å². The third-order valence-electron chi connectivity index (χ3n) is 21.0. The Morgan fingerprint density at radius 3 is 0.990 bits per heavy atom. The molecule has 0 aliphatic heterocycles. The van der Waals surface area contributed by atoms with Crippen LogP contribution in [0.5, 0.6) is 0 Å². The van der Waals surface area contributed by atoms with Crippen molar-refractivity contribution in [2.24, 2.45) is 0 Å². The molecule has 0 amide bonds. The fourth-order valence-electron chi connectivity index (χ4n) is 16.1. The van der Waals surface area contributed by atoms with E-state index < -0.39 is 10.8 Å². The van der Waals surface area contributed by atoms with E-state index in [0.29, 0.717) is 44.5 Å². The molecule has 4 aliphatic rings. The fraction of sp³-hybridized carbons (Fsp3) is 0.295. The summed E-state index contributed by atoms with van der Waals surface area (Å²) in [6, 6.07) is 54.2. The van der Waals surface area contributed by atoms with Crippen molar-refractivity contribution in [1.82, 2.24) is 9.97 Å². The highest BCUT2D eigenvalue weighted by molar-refractivity contribution is 7.34. The number of thiophene rings is 4. The number of unbranched alkanes of at least 4 members (excludes halogenated alkanes) is 12. The van der Waals surface area contributed by atoms with Crippen LogP contribution in [0.15, 0.2) is 168 Å². The average molecular weight is 1380 g/mol. The van der Waals surface area contributed by atoms with Crippen LogP contribution in [-0.2, 0) is 36.5 Å². The average Bonchev–Trinajstić information content (AvgIpc) is 1.49. The van der Waals surface area contributed by atoms with Crippen LogP contribution in [0.3, 0.4) is 0 Å². The van der Waals surface area contributed by atoms with Crippen molar-refractivity contribution in [3.63, 3.8) is 0 Å². The number of fused-ring (bicyclic) bond motifs is 11. The molecule has 0 bridgehead atoms. The molecule has 14 rings (SSSR count). The smallest absolute Gasteiger partial charge is 0.194 e. The molecule has 0 saturated carbocycles. The van der Waals surface area contributed by atoms with Crippen molar-refractivity contribution in [1.29, 1.82) is 21.0 Å². The van der Waals surface area contributed by atoms with Crippen molar-refractivity contribution in [3.05, 3.63) is 267 Å². The summed E-state index contributed by atoms with van der Waals surface area (Å²) in [7, 11) is 0. The van der Waals surface area contributed by atoms with Crippen molar-refractivity contribution in [2.45, 2.75) is 167 Å². The Balaban J connectivity index is 1.06. The van der Waals surface area contributed by atoms with Crippen LogP contribution in [-0.4, -0.2) is 21.5 Å². The van der Waals surface area contributed by atoms with E-state index in [1.807, 2.05) is 34.8 Å². The summed E-state index contributed by atoms with van der Waals surface area (Å²) >= 11 is 7.07. The monoisotopic (exact) mass is 1380 g/mol. The van der Waals surface area contributed by atoms with Gasteiger partial charge in [0.05, 0.1) is 39.7 Å². The van der Waals surface area contributed by atoms with E-state index in [0.717, 1.165) is 104 Å². The number of aryl methyl sites for hydroxylation is 4. The molecule has 4 aromatic carbocycles. The Labute approximate surface area is 603 Å². The SMILES string of the molecule is CCCCCCc1ccc(C2(c3ccc(CCCCCC)cc3)c3cc(/C=C4\C(=O)c5ccncc5C4=C(C#N)C#N)sc3-c3sc4c5c(sc4c32)-c2sc(/C=C3\C(=O)c4ccncc4C3=C(C#N)C#N)cc2C5(c2ccc(CCCCCC)cc2)c2ccc(CCCCCC)cc2)cc1. The van der Waals surface area contributed by atoms with Crippen LogP contribution < -0.4 is 0 Å². The molecule has 0 radical (unpaired) electrons. The summed E-state index contributed by atoms with van der Waals surface area (Å²) in [5.74, 6) is -0.486. The van der Waals surface area contributed by atoms with E-state index in [1.54, 1.807) is 59.6 Å². The van der Waals surface area contributed by atoms with Crippen molar-refractivity contribution < 1.29 is 9.59 Å². The number of hydrogen-bond donors (Lipinski definition) is 0. The summed E-state index contributed by atoms with van der Waals surface area (Å²) in [6.07, 6.45) is 32.8. The third kappa shape index (κ3) is 11.7. The van der Waals surface area contributed by atoms with Crippen molar-refractivity contribution in [2.75, 3.05) is 0 Å². The molecular formula is C88H78N6O2S4. The standard InChI is InChI=1S/C88H78N6O2S4/c1-5-9-13-17-21-55-25-33-61(34-26-55)87(62-35-27-56(28-36-62)22-18-14-10-6-2)73-47-65(45-69-75(59(49-89)50-90)71-53-93-43-41-67(71)79(69)95)97-81(73)83-77(87)85-86(99-83)78-84(100-85)82-74(48-66(98-82)46-70-76(60(51-91)52-92)72-54-94-44-42-68(72)80(70)96)88(78,63-37-29-57(30-38-63)23-19-15-11-7-3)64-39-31-58(32-40-64)24-20-16-12-8-4/h25-48,53-54H,5-24H2,1-4H3/b69-45-,70-46-. The second kappa shape index (κ2) is 29.4. The lowest BCUT2D eigenvalue weighted by Crippen LogP contribution is -2.29. The zero-order valence-corrected chi connectivity index (χ0v) is 60.6. The molecule has 12 heteroatoms. The topological polar surface area (TPSA) is 155 Å². The zero-order chi connectivity index (χ0) is 69.1. The lowest BCUT2D eigenvalue weighted by Gasteiger charge is -2.34. The molecule has 0 unspecified atom stereocenters. The summed E-state index contributed by atoms with van der Waals surface area (Å²) in [4.78, 5) is 44.5. The lowest BCUT2D eigenvalue weighted by molar-refractivity contribution is 0.103. The second-order valence-electron chi connectivity index (χ2n) is 27.1. The molecule has 10 aromatic rings. The molecule has 0 fully saturated rings. The van der Waals surface area contributed by atoms with Gasteiger partial charge in [-0.3, -0.25) is 19.6 Å². The van der Waals surface area contributed by atoms with Gasteiger partial charge in [0.1, 0.15) is 35.4 Å². The number of carbonyl (C=O) groups excluding carboxylic acids is 2. The first kappa shape index (κ1) is 67.7. The number of ketones is 2. The molecule has 8 nitrogen and oxygen atoms in total. The first-order valence-electron chi connectivity index (χ1n) is 35.9. The Hall–Kier alpha value is -9.50. The first-order chi connectivity index (χ1) is 49.1. The predicted molar refractivity (Wildman–Crippen MR) is 411 cm³/mol. The van der Waals surface area contributed by atoms with Gasteiger partial charge in [0.15, 0.2) is 11.6 Å². The maximum atomic E-state index is 14.8. The molecule has 0 spiro atoms. The molecule has 6 heterocycles. The Morgan fingerprint density at radius 2 is 0.700 bits per heavy atom. The van der Waals surface area contributed by atoms with E-state index in [9.17, 15) is 30.6 Å². The number of carbonyl (C=O) groups is 2. The van der Waals surface area contributed by atoms with Gasteiger partial charge in [-0.15, -0.1) is 45.3 Å². The maximum Gasteiger partial charge on any atom is 0.194 e. The normalized spacial score (nSPS) is 15.0. The van der Waals surface area contributed by atoms with Crippen molar-refractivity contribution in [3.8, 4) is 43.8 Å². The van der Waals surface area contributed by atoms with Crippen LogP contribution in [0, 0.1) is 45.3 Å². The van der Waals surface area contributed by atoms with Crippen LogP contribution in [0.25, 0.3) is 52.2 Å². The van der Waals surface area contributed by atoms with Gasteiger partial charge in [-0.2, -0.15) is 21.0 Å². The maximum absolute atomic E-state index is 14.8. The Bertz CT molecular complexity index is 4680. The van der Waals surface area contributed by atoms with Gasteiger partial charge in [0.2, 0.25) is 0 Å². The van der Waals surface area contributed by atoms with E-state index in [2.05, 4.69) is 171 Å². The highest BCUT2D eigenvalue weighted by Crippen LogP contribution is 2.70. The molecule has 0 atom stereocenters. The van der Waals surface area contributed by atoms with Gasteiger partial charge in [-0.1, -0.05) is 202 Å². The third-order valence-corrected chi connectivity index (χ3v) is 26.1. The zero-order valence-electron chi connectivity index (χ0n) is 57.3. The molecular weight excluding hydrogens is 1300 g/mol. The van der Waals surface area contributed by atoms with Gasteiger partial charge in [-0.05, 0) is 143 Å². The number of aromatic nitrogens is 2. The van der Waals surface area contributed by atoms with E-state index >= 15 is 0 Å². The number of nitrogens with zero attached hydrogens (tertiary/aromatic N) is 6. The molecule has 4 aliphatic carbocycles. The van der Waals surface area contributed by atoms with Gasteiger partial charge in [0.25, 0.3) is 0 Å². The summed E-state index contributed by atoms with van der Waals surface area (Å²) in [5.41, 5.74) is 15.6. The number of benzene rings is 4. The summed E-state index contributed by atoms with van der Waals surface area (Å²) in [6.45, 7) is 9.02. The van der Waals surface area contributed by atoms with Crippen LogP contribution >= 0.6 is 45.3 Å². The molecule has 0 saturated heterocycles. The van der Waals surface area contributed by atoms with Crippen LogP contribution in [0.1, 0.15) is 239 Å². The number of hydrogen-bond acceptors (Lipinski definition) is 12. The van der Waals surface area contributed by atoms with Crippen molar-refractivity contribution >= 4 is 89.6 Å². The number of allylic oxidation sites excluding steroid dienone is 6. The van der Waals surface area contributed by atoms with E-state index in [-0.39, 0.29) is 22.7 Å². The molecule has 496 valence electrons. The largest absolute Gasteiger partial charge is 0.289 e.